The molecule has 0 aliphatic heterocycles. The van der Waals surface area contributed by atoms with Crippen molar-refractivity contribution < 1.29 is 9.18 Å². The van der Waals surface area contributed by atoms with Crippen LogP contribution >= 0.6 is 0 Å². The molecule has 1 heterocycles. The van der Waals surface area contributed by atoms with Gasteiger partial charge in [-0.2, -0.15) is 0 Å². The van der Waals surface area contributed by atoms with Gasteiger partial charge < -0.3 is 16.0 Å². The van der Waals surface area contributed by atoms with Crippen LogP contribution < -0.4 is 16.0 Å². The average Bonchev–Trinajstić information content (AvgIpc) is 2.86. The molecule has 0 atom stereocenters. The average molecular weight is 501 g/mol. The predicted octanol–water partition coefficient (Wildman–Crippen LogP) is 6.51. The summed E-state index contributed by atoms with van der Waals surface area (Å²) >= 11 is 0. The van der Waals surface area contributed by atoms with Crippen LogP contribution in [0.5, 0.6) is 0 Å². The number of anilines is 2. The van der Waals surface area contributed by atoms with E-state index in [4.69, 9.17) is 4.98 Å². The molecule has 7 rings (SSSR count). The number of fused-ring (bicyclic) bond motifs is 1. The van der Waals surface area contributed by atoms with E-state index >= 15 is 0 Å². The summed E-state index contributed by atoms with van der Waals surface area (Å²) in [6.07, 6.45) is 9.56. The Hall–Kier alpha value is -2.99. The van der Waals surface area contributed by atoms with Gasteiger partial charge in [-0.15, -0.1) is 0 Å². The van der Waals surface area contributed by atoms with E-state index < -0.39 is 0 Å². The van der Waals surface area contributed by atoms with Crippen LogP contribution in [0.15, 0.2) is 54.6 Å². The molecule has 0 saturated heterocycles. The summed E-state index contributed by atoms with van der Waals surface area (Å²) in [4.78, 5) is 18.0. The van der Waals surface area contributed by atoms with E-state index in [1.165, 1.54) is 50.7 Å². The molecule has 37 heavy (non-hydrogen) atoms. The third-order valence-corrected chi connectivity index (χ3v) is 8.79. The van der Waals surface area contributed by atoms with Crippen molar-refractivity contribution in [3.8, 4) is 0 Å². The number of nitrogens with zero attached hydrogens (tertiary/aromatic N) is 1. The maximum absolute atomic E-state index is 13.2. The van der Waals surface area contributed by atoms with Crippen molar-refractivity contribution in [1.82, 2.24) is 10.3 Å². The first-order chi connectivity index (χ1) is 18.0. The molecule has 3 N–H and O–H groups in total. The summed E-state index contributed by atoms with van der Waals surface area (Å²) < 4.78 is 13.0. The maximum atomic E-state index is 13.2. The van der Waals surface area contributed by atoms with Crippen molar-refractivity contribution in [3.05, 3.63) is 66.0 Å². The molecule has 1 amide bonds. The van der Waals surface area contributed by atoms with Crippen molar-refractivity contribution >= 4 is 28.3 Å². The molecule has 3 aromatic rings. The van der Waals surface area contributed by atoms with Gasteiger partial charge in [0.05, 0.1) is 11.2 Å². The van der Waals surface area contributed by atoms with Gasteiger partial charge >= 0.3 is 0 Å². The predicted molar refractivity (Wildman–Crippen MR) is 147 cm³/mol. The Balaban J connectivity index is 1.00. The smallest absolute Gasteiger partial charge is 0.224 e. The second kappa shape index (κ2) is 10.4. The molecule has 4 aliphatic rings. The highest BCUT2D eigenvalue weighted by atomic mass is 19.1. The lowest BCUT2D eigenvalue weighted by molar-refractivity contribution is -0.124. The fourth-order valence-electron chi connectivity index (χ4n) is 7.67. The topological polar surface area (TPSA) is 66.0 Å². The minimum Gasteiger partial charge on any atom is -0.370 e. The minimum absolute atomic E-state index is 0.157. The van der Waals surface area contributed by atoms with Crippen molar-refractivity contribution in [3.63, 3.8) is 0 Å². The summed E-state index contributed by atoms with van der Waals surface area (Å²) in [6.45, 7) is 2.39. The van der Waals surface area contributed by atoms with Crippen molar-refractivity contribution in [2.45, 2.75) is 57.9 Å². The first kappa shape index (κ1) is 24.4. The first-order valence-corrected chi connectivity index (χ1v) is 13.9. The van der Waals surface area contributed by atoms with Gasteiger partial charge in [-0.05, 0) is 117 Å². The van der Waals surface area contributed by atoms with E-state index in [1.807, 2.05) is 24.3 Å². The summed E-state index contributed by atoms with van der Waals surface area (Å²) in [6, 6.07) is 16.6. The molecule has 5 nitrogen and oxygen atoms in total. The Morgan fingerprint density at radius 2 is 1.65 bits per heavy atom. The molecule has 6 heteroatoms. The second-order valence-electron chi connectivity index (χ2n) is 11.8. The lowest BCUT2D eigenvalue weighted by Gasteiger charge is -2.56. The summed E-state index contributed by atoms with van der Waals surface area (Å²) in [5, 5.41) is 11.0. The number of rotatable bonds is 10. The van der Waals surface area contributed by atoms with E-state index in [0.717, 1.165) is 71.8 Å². The van der Waals surface area contributed by atoms with E-state index in [-0.39, 0.29) is 17.1 Å². The third-order valence-electron chi connectivity index (χ3n) is 8.79. The van der Waals surface area contributed by atoms with Gasteiger partial charge in [0, 0.05) is 24.9 Å². The van der Waals surface area contributed by atoms with Crippen LogP contribution in [0.25, 0.3) is 10.9 Å². The van der Waals surface area contributed by atoms with Crippen LogP contribution in [0, 0.1) is 29.0 Å². The molecule has 4 bridgehead atoms. The monoisotopic (exact) mass is 500 g/mol. The van der Waals surface area contributed by atoms with Crippen LogP contribution in [0.2, 0.25) is 0 Å². The fourth-order valence-corrected chi connectivity index (χ4v) is 7.67. The number of carbonyl (C=O) groups excluding carboxylic acids is 1. The molecule has 1 aromatic heterocycles. The van der Waals surface area contributed by atoms with E-state index in [1.54, 1.807) is 12.1 Å². The Morgan fingerprint density at radius 3 is 2.38 bits per heavy atom. The molecule has 0 radical (unpaired) electrons. The normalized spacial score (nSPS) is 25.9. The molecule has 0 spiro atoms. The lowest BCUT2D eigenvalue weighted by atomic mass is 9.49. The molecule has 2 aromatic carbocycles. The van der Waals surface area contributed by atoms with Crippen molar-refractivity contribution in [1.29, 1.82) is 0 Å². The summed E-state index contributed by atoms with van der Waals surface area (Å²) in [7, 11) is 0. The first-order valence-electron chi connectivity index (χ1n) is 13.9. The molecular weight excluding hydrogens is 463 g/mol. The largest absolute Gasteiger partial charge is 0.370 e. The highest BCUT2D eigenvalue weighted by Gasteiger charge is 2.51. The summed E-state index contributed by atoms with van der Waals surface area (Å²) in [5.74, 6) is 3.36. The van der Waals surface area contributed by atoms with Gasteiger partial charge in [-0.1, -0.05) is 18.2 Å². The number of halogens is 1. The third kappa shape index (κ3) is 5.64. The lowest BCUT2D eigenvalue weighted by Crippen LogP contribution is -2.47. The van der Waals surface area contributed by atoms with E-state index in [9.17, 15) is 9.18 Å². The number of hydrogen-bond acceptors (Lipinski definition) is 4. The number of hydrogen-bond donors (Lipinski definition) is 3. The standard InChI is InChI=1S/C31H37FN4O/c32-25-7-5-21(6-8-25)20-33-11-2-12-34-29-10-9-26-27(35-29)3-1-4-28(26)36-30(37)19-31-16-22-13-23(17-31)15-24(14-22)18-31/h1,3-10,22-24,33H,2,11-20H2,(H,34,35)(H,36,37). The number of carbonyl (C=O) groups is 1. The molecule has 4 saturated carbocycles. The number of pyridine rings is 1. The zero-order valence-electron chi connectivity index (χ0n) is 21.4. The van der Waals surface area contributed by atoms with Gasteiger partial charge in [-0.25, -0.2) is 9.37 Å². The van der Waals surface area contributed by atoms with E-state index in [2.05, 4.69) is 22.0 Å². The zero-order chi connectivity index (χ0) is 25.2. The second-order valence-corrected chi connectivity index (χ2v) is 11.8. The Kier molecular flexibility index (Phi) is 6.85. The fraction of sp³-hybridized carbons (Fsp3) is 0.484. The van der Waals surface area contributed by atoms with Gasteiger partial charge in [-0.3, -0.25) is 4.79 Å². The van der Waals surface area contributed by atoms with Crippen molar-refractivity contribution in [2.24, 2.45) is 23.2 Å². The molecule has 4 fully saturated rings. The SMILES string of the molecule is O=C(CC12CC3CC(CC(C3)C1)C2)Nc1cccc2nc(NCCCNCc3ccc(F)cc3)ccc12. The molecule has 194 valence electrons. The Bertz CT molecular complexity index is 1220. The van der Waals surface area contributed by atoms with Crippen LogP contribution in [-0.2, 0) is 11.3 Å². The summed E-state index contributed by atoms with van der Waals surface area (Å²) in [5.41, 5.74) is 3.06. The molecule has 0 unspecified atom stereocenters. The maximum Gasteiger partial charge on any atom is 0.224 e. The van der Waals surface area contributed by atoms with Gasteiger partial charge in [0.2, 0.25) is 5.91 Å². The number of benzene rings is 2. The van der Waals surface area contributed by atoms with Crippen LogP contribution in [0.3, 0.4) is 0 Å². The number of aromatic nitrogens is 1. The highest BCUT2D eigenvalue weighted by molar-refractivity contribution is 6.01. The van der Waals surface area contributed by atoms with Crippen LogP contribution in [-0.4, -0.2) is 24.0 Å². The van der Waals surface area contributed by atoms with Gasteiger partial charge in [0.15, 0.2) is 0 Å². The molecule has 4 aliphatic carbocycles. The van der Waals surface area contributed by atoms with Crippen molar-refractivity contribution in [2.75, 3.05) is 23.7 Å². The van der Waals surface area contributed by atoms with Gasteiger partial charge in [0.25, 0.3) is 0 Å². The van der Waals surface area contributed by atoms with Gasteiger partial charge in [0.1, 0.15) is 11.6 Å². The van der Waals surface area contributed by atoms with Crippen LogP contribution in [0.4, 0.5) is 15.9 Å². The number of amides is 1. The van der Waals surface area contributed by atoms with Crippen LogP contribution in [0.1, 0.15) is 56.9 Å². The quantitative estimate of drug-likeness (QED) is 0.278. The molecular formula is C31H37FN4O. The minimum atomic E-state index is -0.206. The zero-order valence-corrected chi connectivity index (χ0v) is 21.4. The number of nitrogens with one attached hydrogen (secondary N) is 3. The Labute approximate surface area is 218 Å². The highest BCUT2D eigenvalue weighted by Crippen LogP contribution is 2.61. The Morgan fingerprint density at radius 1 is 0.919 bits per heavy atom. The van der Waals surface area contributed by atoms with E-state index in [0.29, 0.717) is 6.42 Å².